The number of aromatic nitrogens is 1. The monoisotopic (exact) mass is 349 g/mol. The quantitative estimate of drug-likeness (QED) is 0.784. The summed E-state index contributed by atoms with van der Waals surface area (Å²) in [5, 5.41) is 7.23. The van der Waals surface area contributed by atoms with Crippen molar-refractivity contribution in [2.45, 2.75) is 13.0 Å². The van der Waals surface area contributed by atoms with Crippen molar-refractivity contribution in [2.24, 2.45) is 0 Å². The zero-order valence-electron chi connectivity index (χ0n) is 13.1. The summed E-state index contributed by atoms with van der Waals surface area (Å²) >= 11 is 1.31. The second kappa shape index (κ2) is 7.80. The average molecular weight is 349 g/mol. The highest BCUT2D eigenvalue weighted by atomic mass is 32.1. The van der Waals surface area contributed by atoms with E-state index in [1.807, 2.05) is 6.92 Å². The number of hydrogen-bond donors (Lipinski definition) is 2. The first kappa shape index (κ1) is 17.8. The lowest BCUT2D eigenvalue weighted by atomic mass is 10.2. The number of nitrogens with one attached hydrogen (secondary N) is 2. The molecule has 1 heterocycles. The lowest BCUT2D eigenvalue weighted by molar-refractivity contribution is -0.111. The molecular formula is C16H16FN3O3S. The Morgan fingerprint density at radius 1 is 1.42 bits per heavy atom. The van der Waals surface area contributed by atoms with Crippen molar-refractivity contribution in [3.05, 3.63) is 52.8 Å². The summed E-state index contributed by atoms with van der Waals surface area (Å²) in [7, 11) is 1.56. The molecule has 24 heavy (non-hydrogen) atoms. The lowest BCUT2D eigenvalue weighted by Crippen LogP contribution is -2.14. The topological polar surface area (TPSA) is 80.3 Å². The fourth-order valence-corrected chi connectivity index (χ4v) is 2.59. The Morgan fingerprint density at radius 3 is 2.83 bits per heavy atom. The third-order valence-electron chi connectivity index (χ3n) is 3.12. The van der Waals surface area contributed by atoms with E-state index >= 15 is 0 Å². The van der Waals surface area contributed by atoms with Gasteiger partial charge in [-0.25, -0.2) is 9.37 Å². The number of carbonyl (C=O) groups excluding carboxylic acids is 2. The molecule has 1 aromatic heterocycles. The number of rotatable bonds is 6. The molecule has 0 aliphatic heterocycles. The average Bonchev–Trinajstić information content (AvgIpc) is 3.07. The molecule has 0 saturated carbocycles. The molecule has 0 fully saturated rings. The van der Waals surface area contributed by atoms with Gasteiger partial charge >= 0.3 is 0 Å². The summed E-state index contributed by atoms with van der Waals surface area (Å²) in [4.78, 5) is 27.7. The number of benzene rings is 1. The molecule has 1 unspecified atom stereocenters. The van der Waals surface area contributed by atoms with Crippen LogP contribution in [0.2, 0.25) is 0 Å². The SMILES string of the molecule is C=CC(=O)Nc1cc(NC(=O)c2csc(C(C)OC)n2)ccc1F. The van der Waals surface area contributed by atoms with Gasteiger partial charge in [0.2, 0.25) is 5.91 Å². The van der Waals surface area contributed by atoms with E-state index in [0.29, 0.717) is 10.7 Å². The third kappa shape index (κ3) is 4.24. The minimum atomic E-state index is -0.618. The summed E-state index contributed by atoms with van der Waals surface area (Å²) in [5.74, 6) is -1.60. The van der Waals surface area contributed by atoms with Gasteiger partial charge in [0.15, 0.2) is 0 Å². The number of ether oxygens (including phenoxy) is 1. The van der Waals surface area contributed by atoms with Gasteiger partial charge in [0, 0.05) is 18.2 Å². The standard InChI is InChI=1S/C16H16FN3O3S/c1-4-14(21)19-12-7-10(5-6-11(12)17)18-15(22)13-8-24-16(20-13)9(2)23-3/h4-9H,1H2,2-3H3,(H,18,22)(H,19,21). The molecule has 2 rings (SSSR count). The van der Waals surface area contributed by atoms with Crippen LogP contribution in [0, 0.1) is 5.82 Å². The Kier molecular flexibility index (Phi) is 5.78. The normalized spacial score (nSPS) is 11.6. The molecule has 126 valence electrons. The van der Waals surface area contributed by atoms with Crippen molar-refractivity contribution in [1.29, 1.82) is 0 Å². The zero-order chi connectivity index (χ0) is 17.7. The Bertz CT molecular complexity index is 776. The van der Waals surface area contributed by atoms with E-state index in [4.69, 9.17) is 4.74 Å². The van der Waals surface area contributed by atoms with Crippen molar-refractivity contribution in [3.63, 3.8) is 0 Å². The highest BCUT2D eigenvalue weighted by molar-refractivity contribution is 7.09. The van der Waals surface area contributed by atoms with E-state index in [-0.39, 0.29) is 17.5 Å². The van der Waals surface area contributed by atoms with Gasteiger partial charge in [0.05, 0.1) is 5.69 Å². The molecule has 0 spiro atoms. The Hall–Kier alpha value is -2.58. The second-order valence-corrected chi connectivity index (χ2v) is 5.68. The van der Waals surface area contributed by atoms with Crippen LogP contribution in [-0.4, -0.2) is 23.9 Å². The smallest absolute Gasteiger partial charge is 0.275 e. The molecule has 0 aliphatic rings. The molecular weight excluding hydrogens is 333 g/mol. The van der Waals surface area contributed by atoms with Crippen LogP contribution in [0.15, 0.2) is 36.2 Å². The van der Waals surface area contributed by atoms with Gasteiger partial charge in [0.1, 0.15) is 22.6 Å². The second-order valence-electron chi connectivity index (χ2n) is 4.79. The van der Waals surface area contributed by atoms with Crippen LogP contribution < -0.4 is 10.6 Å². The van der Waals surface area contributed by atoms with Gasteiger partial charge in [0.25, 0.3) is 5.91 Å². The van der Waals surface area contributed by atoms with Gasteiger partial charge in [-0.1, -0.05) is 6.58 Å². The zero-order valence-corrected chi connectivity index (χ0v) is 13.9. The van der Waals surface area contributed by atoms with E-state index in [1.165, 1.54) is 23.5 Å². The van der Waals surface area contributed by atoms with Crippen LogP contribution >= 0.6 is 11.3 Å². The van der Waals surface area contributed by atoms with E-state index in [0.717, 1.165) is 12.1 Å². The maximum atomic E-state index is 13.7. The van der Waals surface area contributed by atoms with Gasteiger partial charge in [-0.2, -0.15) is 0 Å². The van der Waals surface area contributed by atoms with Crippen LogP contribution in [0.4, 0.5) is 15.8 Å². The Balaban J connectivity index is 2.14. The molecule has 6 nitrogen and oxygen atoms in total. The molecule has 2 amide bonds. The van der Waals surface area contributed by atoms with Crippen molar-refractivity contribution in [2.75, 3.05) is 17.7 Å². The minimum absolute atomic E-state index is 0.0512. The molecule has 0 saturated heterocycles. The minimum Gasteiger partial charge on any atom is -0.375 e. The molecule has 2 N–H and O–H groups in total. The summed E-state index contributed by atoms with van der Waals surface area (Å²) in [6.07, 6.45) is 0.821. The molecule has 0 radical (unpaired) electrons. The van der Waals surface area contributed by atoms with Crippen LogP contribution in [-0.2, 0) is 9.53 Å². The molecule has 1 aromatic carbocycles. The first-order chi connectivity index (χ1) is 11.4. The predicted molar refractivity (Wildman–Crippen MR) is 90.7 cm³/mol. The fraction of sp³-hybridized carbons (Fsp3) is 0.188. The number of carbonyl (C=O) groups is 2. The fourth-order valence-electron chi connectivity index (χ4n) is 1.76. The molecule has 8 heteroatoms. The predicted octanol–water partition coefficient (Wildman–Crippen LogP) is 3.37. The lowest BCUT2D eigenvalue weighted by Gasteiger charge is -2.08. The molecule has 1 atom stereocenters. The maximum absolute atomic E-state index is 13.7. The number of amides is 2. The van der Waals surface area contributed by atoms with Crippen molar-refractivity contribution < 1.29 is 18.7 Å². The van der Waals surface area contributed by atoms with E-state index in [9.17, 15) is 14.0 Å². The summed E-state index contributed by atoms with van der Waals surface area (Å²) < 4.78 is 18.8. The van der Waals surface area contributed by atoms with Crippen molar-refractivity contribution >= 4 is 34.5 Å². The summed E-state index contributed by atoms with van der Waals surface area (Å²) in [6.45, 7) is 5.13. The van der Waals surface area contributed by atoms with Crippen LogP contribution in [0.1, 0.15) is 28.5 Å². The molecule has 0 bridgehead atoms. The number of methoxy groups -OCH3 is 1. The van der Waals surface area contributed by atoms with Crippen molar-refractivity contribution in [3.8, 4) is 0 Å². The molecule has 0 aliphatic carbocycles. The van der Waals surface area contributed by atoms with Gasteiger partial charge < -0.3 is 15.4 Å². The molecule has 2 aromatic rings. The highest BCUT2D eigenvalue weighted by Crippen LogP contribution is 2.23. The Labute approximate surface area is 142 Å². The Morgan fingerprint density at radius 2 is 2.17 bits per heavy atom. The maximum Gasteiger partial charge on any atom is 0.275 e. The largest absolute Gasteiger partial charge is 0.375 e. The number of halogens is 1. The van der Waals surface area contributed by atoms with Gasteiger partial charge in [-0.3, -0.25) is 9.59 Å². The summed E-state index contributed by atoms with van der Waals surface area (Å²) in [6, 6.07) is 3.86. The summed E-state index contributed by atoms with van der Waals surface area (Å²) in [5.41, 5.74) is 0.514. The van der Waals surface area contributed by atoms with Gasteiger partial charge in [-0.15, -0.1) is 11.3 Å². The number of nitrogens with zero attached hydrogens (tertiary/aromatic N) is 1. The van der Waals surface area contributed by atoms with E-state index in [2.05, 4.69) is 22.2 Å². The van der Waals surface area contributed by atoms with Crippen LogP contribution in [0.25, 0.3) is 0 Å². The van der Waals surface area contributed by atoms with Crippen molar-refractivity contribution in [1.82, 2.24) is 4.98 Å². The first-order valence-corrected chi connectivity index (χ1v) is 7.85. The van der Waals surface area contributed by atoms with E-state index < -0.39 is 17.6 Å². The number of hydrogen-bond acceptors (Lipinski definition) is 5. The highest BCUT2D eigenvalue weighted by Gasteiger charge is 2.15. The van der Waals surface area contributed by atoms with Gasteiger partial charge in [-0.05, 0) is 31.2 Å². The number of anilines is 2. The number of thiazole rings is 1. The van der Waals surface area contributed by atoms with E-state index in [1.54, 1.807) is 12.5 Å². The first-order valence-electron chi connectivity index (χ1n) is 6.97. The van der Waals surface area contributed by atoms with Crippen LogP contribution in [0.3, 0.4) is 0 Å². The van der Waals surface area contributed by atoms with Crippen LogP contribution in [0.5, 0.6) is 0 Å². The third-order valence-corrected chi connectivity index (χ3v) is 4.13.